The van der Waals surface area contributed by atoms with Crippen molar-refractivity contribution in [3.63, 3.8) is 0 Å². The summed E-state index contributed by atoms with van der Waals surface area (Å²) in [5.74, 6) is -0.394. The van der Waals surface area contributed by atoms with Crippen LogP contribution in [-0.4, -0.2) is 28.8 Å². The van der Waals surface area contributed by atoms with Gasteiger partial charge < -0.3 is 5.32 Å². The monoisotopic (exact) mass is 314 g/mol. The Morgan fingerprint density at radius 2 is 1.90 bits per heavy atom. The summed E-state index contributed by atoms with van der Waals surface area (Å²) >= 11 is 12.2. The van der Waals surface area contributed by atoms with E-state index in [4.69, 9.17) is 23.2 Å². The van der Waals surface area contributed by atoms with Gasteiger partial charge in [0.05, 0.1) is 17.1 Å². The van der Waals surface area contributed by atoms with E-state index in [0.717, 1.165) is 5.56 Å². The number of carbonyl (C=O) groups is 2. The molecule has 0 bridgehead atoms. The summed E-state index contributed by atoms with van der Waals surface area (Å²) < 4.78 is 0. The van der Waals surface area contributed by atoms with Crippen LogP contribution >= 0.6 is 23.2 Å². The van der Waals surface area contributed by atoms with Crippen LogP contribution in [0.4, 0.5) is 5.69 Å². The molecule has 1 unspecified atom stereocenters. The van der Waals surface area contributed by atoms with E-state index in [1.54, 1.807) is 12.1 Å². The molecule has 1 N–H and O–H groups in total. The maximum atomic E-state index is 12.2. The molecule has 0 saturated carbocycles. The minimum absolute atomic E-state index is 0.138. The van der Waals surface area contributed by atoms with Crippen LogP contribution in [0.5, 0.6) is 0 Å². The molecule has 4 nitrogen and oxygen atoms in total. The van der Waals surface area contributed by atoms with E-state index in [0.29, 0.717) is 15.7 Å². The first-order valence-electron chi connectivity index (χ1n) is 6.39. The number of nitrogens with one attached hydrogen (secondary N) is 1. The molecule has 108 valence electrons. The predicted octanol–water partition coefficient (Wildman–Crippen LogP) is 3.25. The van der Waals surface area contributed by atoms with E-state index in [2.05, 4.69) is 5.32 Å². The van der Waals surface area contributed by atoms with Crippen molar-refractivity contribution < 1.29 is 9.59 Å². The van der Waals surface area contributed by atoms with Crippen molar-refractivity contribution >= 4 is 40.7 Å². The van der Waals surface area contributed by atoms with E-state index in [9.17, 15) is 9.59 Å². The molecule has 0 radical (unpaired) electrons. The van der Waals surface area contributed by atoms with Gasteiger partial charge in [-0.2, -0.15) is 0 Å². The lowest BCUT2D eigenvalue weighted by Gasteiger charge is -2.20. The van der Waals surface area contributed by atoms with Crippen molar-refractivity contribution in [2.24, 2.45) is 0 Å². The maximum Gasteiger partial charge on any atom is 0.252 e. The molecule has 2 rings (SSSR count). The topological polar surface area (TPSA) is 49.4 Å². The minimum Gasteiger partial charge on any atom is -0.372 e. The van der Waals surface area contributed by atoms with Gasteiger partial charge in [0.2, 0.25) is 5.91 Å². The highest BCUT2D eigenvalue weighted by Gasteiger charge is 2.40. The van der Waals surface area contributed by atoms with Crippen molar-refractivity contribution in [2.45, 2.75) is 39.3 Å². The van der Waals surface area contributed by atoms with E-state index < -0.39 is 6.04 Å². The Kier molecular flexibility index (Phi) is 4.25. The molecule has 1 heterocycles. The smallest absolute Gasteiger partial charge is 0.252 e. The number of hydrogen-bond donors (Lipinski definition) is 1. The van der Waals surface area contributed by atoms with E-state index in [1.807, 2.05) is 20.8 Å². The molecule has 1 atom stereocenters. The van der Waals surface area contributed by atoms with Crippen LogP contribution in [0.2, 0.25) is 10.0 Å². The van der Waals surface area contributed by atoms with Crippen LogP contribution in [0.1, 0.15) is 25.8 Å². The Morgan fingerprint density at radius 1 is 1.25 bits per heavy atom. The van der Waals surface area contributed by atoms with Gasteiger partial charge in [-0.3, -0.25) is 14.5 Å². The molecule has 0 aliphatic carbocycles. The molecule has 1 aliphatic heterocycles. The van der Waals surface area contributed by atoms with E-state index >= 15 is 0 Å². The van der Waals surface area contributed by atoms with Crippen molar-refractivity contribution in [2.75, 3.05) is 5.32 Å². The maximum absolute atomic E-state index is 12.2. The zero-order valence-corrected chi connectivity index (χ0v) is 13.0. The van der Waals surface area contributed by atoms with Gasteiger partial charge in [0.1, 0.15) is 6.04 Å². The molecule has 1 aliphatic rings. The van der Waals surface area contributed by atoms with Gasteiger partial charge in [-0.05, 0) is 38.5 Å². The molecule has 1 saturated heterocycles. The SMILES string of the molecule is Cc1cc(Cl)c(NC2CC(=O)N(C(C)C)C2=O)cc1Cl. The number of nitrogens with zero attached hydrogens (tertiary/aromatic N) is 1. The van der Waals surface area contributed by atoms with Crippen LogP contribution in [0.3, 0.4) is 0 Å². The number of hydrogen-bond acceptors (Lipinski definition) is 3. The fourth-order valence-corrected chi connectivity index (χ4v) is 2.69. The molecular weight excluding hydrogens is 299 g/mol. The van der Waals surface area contributed by atoms with E-state index in [1.165, 1.54) is 4.90 Å². The molecule has 0 aromatic heterocycles. The third-order valence-electron chi connectivity index (χ3n) is 3.28. The van der Waals surface area contributed by atoms with E-state index in [-0.39, 0.29) is 24.3 Å². The number of rotatable bonds is 3. The third kappa shape index (κ3) is 2.76. The second-order valence-electron chi connectivity index (χ2n) is 5.18. The number of amides is 2. The van der Waals surface area contributed by atoms with Gasteiger partial charge in [0, 0.05) is 11.1 Å². The number of anilines is 1. The number of carbonyl (C=O) groups excluding carboxylic acids is 2. The van der Waals surface area contributed by atoms with Crippen LogP contribution in [0.25, 0.3) is 0 Å². The van der Waals surface area contributed by atoms with Gasteiger partial charge in [-0.1, -0.05) is 23.2 Å². The molecular formula is C14H16Cl2N2O2. The summed E-state index contributed by atoms with van der Waals surface area (Å²) in [4.78, 5) is 25.3. The number of imide groups is 1. The number of benzene rings is 1. The first kappa shape index (κ1) is 15.1. The third-order valence-corrected chi connectivity index (χ3v) is 4.00. The van der Waals surface area contributed by atoms with Crippen LogP contribution in [-0.2, 0) is 9.59 Å². The Balaban J connectivity index is 2.22. The average Bonchev–Trinajstić information content (AvgIpc) is 2.61. The molecule has 0 spiro atoms. The number of likely N-dealkylation sites (tertiary alicyclic amines) is 1. The first-order chi connectivity index (χ1) is 9.31. The van der Waals surface area contributed by atoms with Gasteiger partial charge >= 0.3 is 0 Å². The summed E-state index contributed by atoms with van der Waals surface area (Å²) in [5, 5.41) is 4.06. The van der Waals surface area contributed by atoms with Gasteiger partial charge in [0.25, 0.3) is 5.91 Å². The average molecular weight is 315 g/mol. The molecule has 20 heavy (non-hydrogen) atoms. The second kappa shape index (κ2) is 5.62. The molecule has 1 fully saturated rings. The molecule has 1 aromatic rings. The Hall–Kier alpha value is -1.26. The highest BCUT2D eigenvalue weighted by Crippen LogP contribution is 2.30. The zero-order chi connectivity index (χ0) is 15.0. The highest BCUT2D eigenvalue weighted by atomic mass is 35.5. The Labute approximate surface area is 128 Å². The van der Waals surface area contributed by atoms with Crippen LogP contribution < -0.4 is 5.32 Å². The fraction of sp³-hybridized carbons (Fsp3) is 0.429. The molecule has 1 aromatic carbocycles. The summed E-state index contributed by atoms with van der Waals surface area (Å²) in [7, 11) is 0. The van der Waals surface area contributed by atoms with Crippen molar-refractivity contribution in [1.29, 1.82) is 0 Å². The normalized spacial score (nSPS) is 19.1. The number of aryl methyl sites for hydroxylation is 1. The van der Waals surface area contributed by atoms with Crippen molar-refractivity contribution in [1.82, 2.24) is 4.90 Å². The first-order valence-corrected chi connectivity index (χ1v) is 7.15. The minimum atomic E-state index is -0.582. The summed E-state index contributed by atoms with van der Waals surface area (Å²) in [6.45, 7) is 5.48. The Bertz CT molecular complexity index is 573. The van der Waals surface area contributed by atoms with Gasteiger partial charge in [-0.15, -0.1) is 0 Å². The van der Waals surface area contributed by atoms with Gasteiger partial charge in [-0.25, -0.2) is 0 Å². The summed E-state index contributed by atoms with van der Waals surface area (Å²) in [6, 6.07) is 2.68. The van der Waals surface area contributed by atoms with Crippen molar-refractivity contribution in [3.8, 4) is 0 Å². The Morgan fingerprint density at radius 3 is 2.45 bits per heavy atom. The lowest BCUT2D eigenvalue weighted by atomic mass is 10.2. The van der Waals surface area contributed by atoms with Gasteiger partial charge in [0.15, 0.2) is 0 Å². The van der Waals surface area contributed by atoms with Crippen molar-refractivity contribution in [3.05, 3.63) is 27.7 Å². The molecule has 2 amide bonds. The number of halogens is 2. The summed E-state index contributed by atoms with van der Waals surface area (Å²) in [6.07, 6.45) is 0.138. The fourth-order valence-electron chi connectivity index (χ4n) is 2.25. The second-order valence-corrected chi connectivity index (χ2v) is 5.99. The predicted molar refractivity (Wildman–Crippen MR) is 80.2 cm³/mol. The largest absolute Gasteiger partial charge is 0.372 e. The zero-order valence-electron chi connectivity index (χ0n) is 11.5. The quantitative estimate of drug-likeness (QED) is 0.871. The lowest BCUT2D eigenvalue weighted by molar-refractivity contribution is -0.140. The lowest BCUT2D eigenvalue weighted by Crippen LogP contribution is -2.39. The van der Waals surface area contributed by atoms with Crippen LogP contribution in [0.15, 0.2) is 12.1 Å². The van der Waals surface area contributed by atoms with Crippen LogP contribution in [0, 0.1) is 6.92 Å². The highest BCUT2D eigenvalue weighted by molar-refractivity contribution is 6.35. The molecule has 6 heteroatoms. The summed E-state index contributed by atoms with van der Waals surface area (Å²) in [5.41, 5.74) is 1.43. The standard InChI is InChI=1S/C14H16Cl2N2O2/c1-7(2)18-13(19)6-12(14(18)20)17-11-5-9(15)8(3)4-10(11)16/h4-5,7,12,17H,6H2,1-3H3.